The second-order valence-corrected chi connectivity index (χ2v) is 10.2. The van der Waals surface area contributed by atoms with Crippen molar-refractivity contribution in [2.75, 3.05) is 16.6 Å². The summed E-state index contributed by atoms with van der Waals surface area (Å²) in [5.74, 6) is 0.0290. The summed E-state index contributed by atoms with van der Waals surface area (Å²) in [5, 5.41) is 4.82. The standard InChI is InChI=1S/C29H27N3O4S/c1-3-32-26-13-9-8-12-23(26)24-18-21(14-16-27(24)32)31-37(34,35)22-15-17-28(36-4-2)25(19-22)30-29(33)20-10-6-5-7-11-20/h5-19,31H,3-4H2,1-2H3,(H,30,33). The number of anilines is 2. The van der Waals surface area contributed by atoms with Crippen LogP contribution in [0.15, 0.2) is 95.9 Å². The van der Waals surface area contributed by atoms with Gasteiger partial charge in [0.25, 0.3) is 15.9 Å². The highest BCUT2D eigenvalue weighted by molar-refractivity contribution is 7.92. The van der Waals surface area contributed by atoms with E-state index in [0.29, 0.717) is 23.6 Å². The molecule has 5 aromatic rings. The van der Waals surface area contributed by atoms with Gasteiger partial charge in [-0.25, -0.2) is 8.42 Å². The third kappa shape index (κ3) is 4.75. The molecule has 7 nitrogen and oxygen atoms in total. The molecule has 1 aromatic heterocycles. The molecular weight excluding hydrogens is 486 g/mol. The van der Waals surface area contributed by atoms with E-state index in [-0.39, 0.29) is 16.5 Å². The molecule has 0 saturated carbocycles. The van der Waals surface area contributed by atoms with Crippen molar-refractivity contribution in [3.05, 3.63) is 96.6 Å². The van der Waals surface area contributed by atoms with E-state index in [1.54, 1.807) is 36.4 Å². The second kappa shape index (κ2) is 9.99. The van der Waals surface area contributed by atoms with Gasteiger partial charge < -0.3 is 14.6 Å². The van der Waals surface area contributed by atoms with E-state index >= 15 is 0 Å². The first-order chi connectivity index (χ1) is 17.9. The molecular formula is C29H27N3O4S. The molecule has 0 unspecified atom stereocenters. The molecule has 1 heterocycles. The Bertz CT molecular complexity index is 1710. The lowest BCUT2D eigenvalue weighted by atomic mass is 10.1. The molecule has 2 N–H and O–H groups in total. The largest absolute Gasteiger partial charge is 0.492 e. The molecule has 8 heteroatoms. The second-order valence-electron chi connectivity index (χ2n) is 8.51. The van der Waals surface area contributed by atoms with Gasteiger partial charge in [-0.2, -0.15) is 0 Å². The minimum Gasteiger partial charge on any atom is -0.492 e. The van der Waals surface area contributed by atoms with Gasteiger partial charge in [-0.3, -0.25) is 9.52 Å². The predicted octanol–water partition coefficient (Wildman–Crippen LogP) is 6.27. The highest BCUT2D eigenvalue weighted by atomic mass is 32.2. The smallest absolute Gasteiger partial charge is 0.261 e. The number of sulfonamides is 1. The zero-order valence-corrected chi connectivity index (χ0v) is 21.4. The monoisotopic (exact) mass is 513 g/mol. The zero-order chi connectivity index (χ0) is 26.0. The normalized spacial score (nSPS) is 11.5. The summed E-state index contributed by atoms with van der Waals surface area (Å²) < 4.78 is 37.3. The van der Waals surface area contributed by atoms with Crippen molar-refractivity contribution in [3.63, 3.8) is 0 Å². The molecule has 37 heavy (non-hydrogen) atoms. The molecule has 0 atom stereocenters. The molecule has 0 radical (unpaired) electrons. The molecule has 0 fully saturated rings. The van der Waals surface area contributed by atoms with Crippen LogP contribution in [-0.4, -0.2) is 25.5 Å². The number of nitrogens with one attached hydrogen (secondary N) is 2. The number of hydrogen-bond acceptors (Lipinski definition) is 4. The molecule has 0 aliphatic carbocycles. The van der Waals surface area contributed by atoms with Crippen LogP contribution in [0.25, 0.3) is 21.8 Å². The first kappa shape index (κ1) is 24.4. The Morgan fingerprint density at radius 2 is 1.57 bits per heavy atom. The number of carbonyl (C=O) groups excluding carboxylic acids is 1. The van der Waals surface area contributed by atoms with E-state index in [9.17, 15) is 13.2 Å². The Morgan fingerprint density at radius 3 is 2.32 bits per heavy atom. The van der Waals surface area contributed by atoms with Gasteiger partial charge in [0.15, 0.2) is 0 Å². The maximum absolute atomic E-state index is 13.4. The van der Waals surface area contributed by atoms with E-state index in [1.807, 2.05) is 43.3 Å². The number of nitrogens with zero attached hydrogens (tertiary/aromatic N) is 1. The van der Waals surface area contributed by atoms with E-state index < -0.39 is 10.0 Å². The quantitative estimate of drug-likeness (QED) is 0.256. The lowest BCUT2D eigenvalue weighted by molar-refractivity contribution is 0.102. The number of amides is 1. The molecule has 1 amide bonds. The number of aryl methyl sites for hydroxylation is 1. The molecule has 0 spiro atoms. The Hall–Kier alpha value is -4.30. The van der Waals surface area contributed by atoms with Gasteiger partial charge in [0.2, 0.25) is 0 Å². The van der Waals surface area contributed by atoms with Crippen molar-refractivity contribution in [1.82, 2.24) is 4.57 Å². The number of aromatic nitrogens is 1. The number of fused-ring (bicyclic) bond motifs is 3. The van der Waals surface area contributed by atoms with Crippen LogP contribution in [0.1, 0.15) is 24.2 Å². The van der Waals surface area contributed by atoms with Gasteiger partial charge in [-0.05, 0) is 68.4 Å². The van der Waals surface area contributed by atoms with Crippen LogP contribution in [-0.2, 0) is 16.6 Å². The van der Waals surface area contributed by atoms with Gasteiger partial charge in [-0.1, -0.05) is 36.4 Å². The highest BCUT2D eigenvalue weighted by Gasteiger charge is 2.19. The number of ether oxygens (including phenoxy) is 1. The van der Waals surface area contributed by atoms with Crippen LogP contribution >= 0.6 is 0 Å². The Labute approximate surface area is 215 Å². The van der Waals surface area contributed by atoms with Crippen LogP contribution in [0.2, 0.25) is 0 Å². The van der Waals surface area contributed by atoms with Gasteiger partial charge in [0.05, 0.1) is 17.2 Å². The SMILES string of the molecule is CCOc1ccc(S(=O)(=O)Nc2ccc3c(c2)c2ccccc2n3CC)cc1NC(=O)c1ccccc1. The number of rotatable bonds is 8. The highest BCUT2D eigenvalue weighted by Crippen LogP contribution is 2.33. The van der Waals surface area contributed by atoms with Crippen molar-refractivity contribution in [3.8, 4) is 5.75 Å². The molecule has 0 aliphatic rings. The van der Waals surface area contributed by atoms with Crippen molar-refractivity contribution < 1.29 is 17.9 Å². The van der Waals surface area contributed by atoms with Crippen LogP contribution in [0.3, 0.4) is 0 Å². The van der Waals surface area contributed by atoms with Crippen molar-refractivity contribution >= 4 is 49.1 Å². The Kier molecular flexibility index (Phi) is 6.58. The van der Waals surface area contributed by atoms with Crippen molar-refractivity contribution in [2.24, 2.45) is 0 Å². The Balaban J connectivity index is 1.49. The van der Waals surface area contributed by atoms with Gasteiger partial charge in [0.1, 0.15) is 5.75 Å². The van der Waals surface area contributed by atoms with E-state index in [4.69, 9.17) is 4.74 Å². The van der Waals surface area contributed by atoms with Crippen LogP contribution < -0.4 is 14.8 Å². The van der Waals surface area contributed by atoms with Crippen LogP contribution in [0, 0.1) is 0 Å². The number of carbonyl (C=O) groups is 1. The Morgan fingerprint density at radius 1 is 0.838 bits per heavy atom. The van der Waals surface area contributed by atoms with Crippen molar-refractivity contribution in [2.45, 2.75) is 25.3 Å². The summed E-state index contributed by atoms with van der Waals surface area (Å²) in [5.41, 5.74) is 3.33. The summed E-state index contributed by atoms with van der Waals surface area (Å²) in [6.07, 6.45) is 0. The molecule has 188 valence electrons. The first-order valence-corrected chi connectivity index (χ1v) is 13.6. The van der Waals surface area contributed by atoms with Gasteiger partial charge in [0, 0.05) is 39.6 Å². The van der Waals surface area contributed by atoms with E-state index in [1.165, 1.54) is 12.1 Å². The average Bonchev–Trinajstić information content (AvgIpc) is 3.23. The lowest BCUT2D eigenvalue weighted by Crippen LogP contribution is -2.16. The number of benzene rings is 4. The van der Waals surface area contributed by atoms with Crippen molar-refractivity contribution in [1.29, 1.82) is 0 Å². The molecule has 4 aromatic carbocycles. The minimum absolute atomic E-state index is 0.00963. The number of hydrogen-bond donors (Lipinski definition) is 2. The topological polar surface area (TPSA) is 89.4 Å². The fourth-order valence-electron chi connectivity index (χ4n) is 4.51. The summed E-state index contributed by atoms with van der Waals surface area (Å²) in [6.45, 7) is 5.08. The first-order valence-electron chi connectivity index (χ1n) is 12.1. The summed E-state index contributed by atoms with van der Waals surface area (Å²) in [6, 6.07) is 26.8. The molecule has 0 saturated heterocycles. The summed E-state index contributed by atoms with van der Waals surface area (Å²) in [7, 11) is -3.95. The van der Waals surface area contributed by atoms with Crippen LogP contribution in [0.5, 0.6) is 5.75 Å². The third-order valence-corrected chi connectivity index (χ3v) is 7.57. The molecule has 5 rings (SSSR count). The average molecular weight is 514 g/mol. The van der Waals surface area contributed by atoms with E-state index in [2.05, 4.69) is 27.6 Å². The van der Waals surface area contributed by atoms with Gasteiger partial charge in [-0.15, -0.1) is 0 Å². The molecule has 0 bridgehead atoms. The fourth-order valence-corrected chi connectivity index (χ4v) is 5.59. The maximum atomic E-state index is 13.4. The predicted molar refractivity (Wildman–Crippen MR) is 148 cm³/mol. The fraction of sp³-hybridized carbons (Fsp3) is 0.138. The van der Waals surface area contributed by atoms with Gasteiger partial charge >= 0.3 is 0 Å². The zero-order valence-electron chi connectivity index (χ0n) is 20.6. The van der Waals surface area contributed by atoms with Crippen LogP contribution in [0.4, 0.5) is 11.4 Å². The summed E-state index contributed by atoms with van der Waals surface area (Å²) >= 11 is 0. The number of para-hydroxylation sites is 1. The lowest BCUT2D eigenvalue weighted by Gasteiger charge is -2.14. The van der Waals surface area contributed by atoms with E-state index in [0.717, 1.165) is 28.4 Å². The molecule has 0 aliphatic heterocycles. The summed E-state index contributed by atoms with van der Waals surface area (Å²) in [4.78, 5) is 12.8. The maximum Gasteiger partial charge on any atom is 0.261 e. The third-order valence-electron chi connectivity index (χ3n) is 6.19. The minimum atomic E-state index is -3.95.